The minimum absolute atomic E-state index is 0.0868. The zero-order valence-corrected chi connectivity index (χ0v) is 9.84. The minimum Gasteiger partial charge on any atom is -0.482 e. The van der Waals surface area contributed by atoms with E-state index in [-0.39, 0.29) is 23.6 Å². The molecule has 1 fully saturated rings. The molecule has 2 rings (SSSR count). The van der Waals surface area contributed by atoms with Crippen LogP contribution in [-0.4, -0.2) is 17.1 Å². The largest absolute Gasteiger partial charge is 0.482 e. The lowest BCUT2D eigenvalue weighted by molar-refractivity contribution is -0.386. The lowest BCUT2D eigenvalue weighted by atomic mass is 9.93. The van der Waals surface area contributed by atoms with Crippen LogP contribution in [0.4, 0.5) is 10.1 Å². The van der Waals surface area contributed by atoms with Crippen LogP contribution in [-0.2, 0) is 0 Å². The minimum atomic E-state index is -0.651. The molecule has 2 atom stereocenters. The molecule has 0 spiro atoms. The van der Waals surface area contributed by atoms with Gasteiger partial charge in [-0.25, -0.2) is 4.39 Å². The van der Waals surface area contributed by atoms with Crippen LogP contribution in [0.1, 0.15) is 25.7 Å². The van der Waals surface area contributed by atoms with Gasteiger partial charge >= 0.3 is 5.69 Å². The van der Waals surface area contributed by atoms with Crippen molar-refractivity contribution in [1.82, 2.24) is 0 Å². The molecule has 1 aliphatic rings. The summed E-state index contributed by atoms with van der Waals surface area (Å²) < 4.78 is 18.6. The predicted octanol–water partition coefficient (Wildman–Crippen LogP) is 2.38. The normalized spacial score (nSPS) is 23.7. The molecule has 0 heterocycles. The maximum absolute atomic E-state index is 13.0. The topological polar surface area (TPSA) is 78.4 Å². The van der Waals surface area contributed by atoms with E-state index in [9.17, 15) is 14.5 Å². The number of nitrogens with zero attached hydrogens (tertiary/aromatic N) is 1. The number of benzene rings is 1. The summed E-state index contributed by atoms with van der Waals surface area (Å²) in [6, 6.07) is 3.18. The van der Waals surface area contributed by atoms with Crippen molar-refractivity contribution in [2.75, 3.05) is 0 Å². The molecule has 2 N–H and O–H groups in total. The summed E-state index contributed by atoms with van der Waals surface area (Å²) in [5.41, 5.74) is 5.56. The van der Waals surface area contributed by atoms with Crippen LogP contribution >= 0.6 is 0 Å². The van der Waals surface area contributed by atoms with Crippen molar-refractivity contribution in [2.24, 2.45) is 5.73 Å². The smallest absolute Gasteiger partial charge is 0.313 e. The van der Waals surface area contributed by atoms with Gasteiger partial charge in [0.1, 0.15) is 11.9 Å². The average Bonchev–Trinajstić information content (AvgIpc) is 2.34. The highest BCUT2D eigenvalue weighted by Gasteiger charge is 2.26. The van der Waals surface area contributed by atoms with Gasteiger partial charge in [-0.1, -0.05) is 6.42 Å². The van der Waals surface area contributed by atoms with Crippen LogP contribution in [0.3, 0.4) is 0 Å². The average molecular weight is 254 g/mol. The number of nitrogens with two attached hydrogens (primary N) is 1. The fourth-order valence-electron chi connectivity index (χ4n) is 2.17. The van der Waals surface area contributed by atoms with Crippen LogP contribution in [0.15, 0.2) is 18.2 Å². The number of rotatable bonds is 3. The second-order valence-corrected chi connectivity index (χ2v) is 4.47. The Balaban J connectivity index is 2.20. The summed E-state index contributed by atoms with van der Waals surface area (Å²) in [4.78, 5) is 10.2. The Labute approximate surface area is 104 Å². The molecule has 0 aliphatic heterocycles. The zero-order valence-electron chi connectivity index (χ0n) is 9.84. The standard InChI is InChI=1S/C12H15FN2O3/c13-8-5-6-12(10(7-8)15(16)17)18-11-4-2-1-3-9(11)14/h5-7,9,11H,1-4,14H2. The van der Waals surface area contributed by atoms with Gasteiger partial charge < -0.3 is 10.5 Å². The number of nitro groups is 1. The van der Waals surface area contributed by atoms with Gasteiger partial charge in [0, 0.05) is 6.04 Å². The summed E-state index contributed by atoms with van der Waals surface area (Å²) in [6.07, 6.45) is 3.43. The molecule has 0 amide bonds. The molecule has 1 aromatic rings. The summed E-state index contributed by atoms with van der Waals surface area (Å²) in [7, 11) is 0. The third kappa shape index (κ3) is 2.76. The van der Waals surface area contributed by atoms with E-state index in [1.807, 2.05) is 0 Å². The van der Waals surface area contributed by atoms with Crippen molar-refractivity contribution in [2.45, 2.75) is 37.8 Å². The van der Waals surface area contributed by atoms with Crippen molar-refractivity contribution in [3.63, 3.8) is 0 Å². The molecule has 1 saturated carbocycles. The number of nitro benzene ring substituents is 1. The van der Waals surface area contributed by atoms with Gasteiger partial charge in [-0.2, -0.15) is 0 Å². The van der Waals surface area contributed by atoms with Gasteiger partial charge in [0.2, 0.25) is 0 Å². The van der Waals surface area contributed by atoms with Gasteiger partial charge in [-0.3, -0.25) is 10.1 Å². The zero-order chi connectivity index (χ0) is 13.1. The second-order valence-electron chi connectivity index (χ2n) is 4.47. The van der Waals surface area contributed by atoms with Gasteiger partial charge in [0.25, 0.3) is 0 Å². The molecule has 0 aromatic heterocycles. The molecule has 6 heteroatoms. The first-order valence-corrected chi connectivity index (χ1v) is 5.94. The molecule has 18 heavy (non-hydrogen) atoms. The highest BCUT2D eigenvalue weighted by molar-refractivity contribution is 5.46. The molecule has 98 valence electrons. The molecule has 2 unspecified atom stereocenters. The highest BCUT2D eigenvalue weighted by atomic mass is 19.1. The summed E-state index contributed by atoms with van der Waals surface area (Å²) >= 11 is 0. The number of halogens is 1. The van der Waals surface area contributed by atoms with E-state index in [1.54, 1.807) is 0 Å². The molecular formula is C12H15FN2O3. The van der Waals surface area contributed by atoms with E-state index in [1.165, 1.54) is 6.07 Å². The Kier molecular flexibility index (Phi) is 3.76. The monoisotopic (exact) mass is 254 g/mol. The Morgan fingerprint density at radius 1 is 1.39 bits per heavy atom. The maximum Gasteiger partial charge on any atom is 0.313 e. The summed E-state index contributed by atoms with van der Waals surface area (Å²) in [5, 5.41) is 10.8. The SMILES string of the molecule is NC1CCCCC1Oc1ccc(F)cc1[N+](=O)[O-]. The second kappa shape index (κ2) is 5.30. The van der Waals surface area contributed by atoms with Crippen molar-refractivity contribution in [1.29, 1.82) is 0 Å². The van der Waals surface area contributed by atoms with Gasteiger partial charge in [0.15, 0.2) is 5.75 Å². The fraction of sp³-hybridized carbons (Fsp3) is 0.500. The van der Waals surface area contributed by atoms with Gasteiger partial charge in [-0.05, 0) is 31.4 Å². The van der Waals surface area contributed by atoms with Crippen molar-refractivity contribution in [3.8, 4) is 5.75 Å². The van der Waals surface area contributed by atoms with E-state index >= 15 is 0 Å². The van der Waals surface area contributed by atoms with E-state index in [0.717, 1.165) is 37.8 Å². The Hall–Kier alpha value is -1.69. The van der Waals surface area contributed by atoms with Crippen LogP contribution in [0, 0.1) is 15.9 Å². The van der Waals surface area contributed by atoms with Crippen molar-refractivity contribution in [3.05, 3.63) is 34.1 Å². The van der Waals surface area contributed by atoms with Crippen LogP contribution in [0.25, 0.3) is 0 Å². The van der Waals surface area contributed by atoms with E-state index in [2.05, 4.69) is 0 Å². The first-order chi connectivity index (χ1) is 8.58. The van der Waals surface area contributed by atoms with E-state index < -0.39 is 10.7 Å². The Bertz CT molecular complexity index is 453. The lowest BCUT2D eigenvalue weighted by Crippen LogP contribution is -2.41. The highest BCUT2D eigenvalue weighted by Crippen LogP contribution is 2.31. The molecular weight excluding hydrogens is 239 g/mol. The van der Waals surface area contributed by atoms with Crippen molar-refractivity contribution < 1.29 is 14.1 Å². The number of ether oxygens (including phenoxy) is 1. The van der Waals surface area contributed by atoms with Crippen LogP contribution in [0.5, 0.6) is 5.75 Å². The first kappa shape index (κ1) is 12.8. The predicted molar refractivity (Wildman–Crippen MR) is 63.9 cm³/mol. The van der Waals surface area contributed by atoms with Crippen LogP contribution < -0.4 is 10.5 Å². The van der Waals surface area contributed by atoms with E-state index in [0.29, 0.717) is 0 Å². The number of hydrogen-bond donors (Lipinski definition) is 1. The third-order valence-electron chi connectivity index (χ3n) is 3.15. The molecule has 1 aliphatic carbocycles. The lowest BCUT2D eigenvalue weighted by Gasteiger charge is -2.28. The first-order valence-electron chi connectivity index (χ1n) is 5.94. The molecule has 1 aromatic carbocycles. The van der Waals surface area contributed by atoms with Crippen molar-refractivity contribution >= 4 is 5.69 Å². The van der Waals surface area contributed by atoms with Crippen LogP contribution in [0.2, 0.25) is 0 Å². The fourth-order valence-corrected chi connectivity index (χ4v) is 2.17. The van der Waals surface area contributed by atoms with E-state index in [4.69, 9.17) is 10.5 Å². The summed E-state index contributed by atoms with van der Waals surface area (Å²) in [5.74, 6) is -0.564. The summed E-state index contributed by atoms with van der Waals surface area (Å²) in [6.45, 7) is 0. The quantitative estimate of drug-likeness (QED) is 0.663. The van der Waals surface area contributed by atoms with Gasteiger partial charge in [-0.15, -0.1) is 0 Å². The Morgan fingerprint density at radius 3 is 2.78 bits per heavy atom. The Morgan fingerprint density at radius 2 is 2.11 bits per heavy atom. The molecule has 0 saturated heterocycles. The number of hydrogen-bond acceptors (Lipinski definition) is 4. The van der Waals surface area contributed by atoms with Gasteiger partial charge in [0.05, 0.1) is 11.0 Å². The molecule has 0 radical (unpaired) electrons. The molecule has 0 bridgehead atoms. The third-order valence-corrected chi connectivity index (χ3v) is 3.15. The molecule has 5 nitrogen and oxygen atoms in total. The maximum atomic E-state index is 13.0.